The fourth-order valence-corrected chi connectivity index (χ4v) is 4.95. The van der Waals surface area contributed by atoms with Crippen LogP contribution in [-0.4, -0.2) is 46.1 Å². The minimum absolute atomic E-state index is 0.109. The number of nitrogens with zero attached hydrogens (tertiary/aromatic N) is 1. The van der Waals surface area contributed by atoms with Crippen LogP contribution in [0.15, 0.2) is 36.5 Å². The summed E-state index contributed by atoms with van der Waals surface area (Å²) in [5.74, 6) is 1.21. The van der Waals surface area contributed by atoms with Crippen LogP contribution in [0.4, 0.5) is 5.69 Å². The maximum atomic E-state index is 12.6. The molecule has 3 aliphatic rings. The highest BCUT2D eigenvalue weighted by Crippen LogP contribution is 2.43. The monoisotopic (exact) mass is 345 g/mol. The van der Waals surface area contributed by atoms with Crippen molar-refractivity contribution >= 4 is 19.7 Å². The Morgan fingerprint density at radius 3 is 2.92 bits per heavy atom. The zero-order chi connectivity index (χ0) is 16.7. The lowest BCUT2D eigenvalue weighted by Gasteiger charge is -2.27. The van der Waals surface area contributed by atoms with E-state index in [0.717, 1.165) is 17.4 Å². The Morgan fingerprint density at radius 2 is 2.17 bits per heavy atom. The fourth-order valence-electron chi connectivity index (χ4n) is 3.73. The molecule has 4 unspecified atom stereocenters. The summed E-state index contributed by atoms with van der Waals surface area (Å²) in [7, 11) is -0.425. The van der Waals surface area contributed by atoms with Crippen LogP contribution in [0, 0.1) is 11.8 Å². The van der Waals surface area contributed by atoms with Crippen molar-refractivity contribution in [3.8, 4) is 0 Å². The molecule has 6 nitrogen and oxygen atoms in total. The molecule has 1 saturated heterocycles. The van der Waals surface area contributed by atoms with Gasteiger partial charge in [0.1, 0.15) is 6.10 Å². The van der Waals surface area contributed by atoms with E-state index >= 15 is 0 Å². The number of nitrogens with one attached hydrogen (secondary N) is 2. The zero-order valence-corrected chi connectivity index (χ0v) is 14.7. The predicted molar refractivity (Wildman–Crippen MR) is 92.1 cm³/mol. The Kier molecular flexibility index (Phi) is 4.15. The number of hydrogen-bond acceptors (Lipinski definition) is 5. The van der Waals surface area contributed by atoms with Gasteiger partial charge in [0.15, 0.2) is 6.23 Å². The van der Waals surface area contributed by atoms with E-state index in [1.807, 2.05) is 35.4 Å². The number of anilines is 1. The van der Waals surface area contributed by atoms with Gasteiger partial charge in [-0.15, -0.1) is 0 Å². The lowest BCUT2D eigenvalue weighted by Crippen LogP contribution is -2.51. The third-order valence-electron chi connectivity index (χ3n) is 5.23. The Morgan fingerprint density at radius 1 is 1.38 bits per heavy atom. The third kappa shape index (κ3) is 2.87. The van der Waals surface area contributed by atoms with Gasteiger partial charge in [-0.1, -0.05) is 18.2 Å². The number of fused-ring (bicyclic) bond motifs is 1. The van der Waals surface area contributed by atoms with Gasteiger partial charge in [-0.3, -0.25) is 0 Å². The second-order valence-corrected chi connectivity index (χ2v) is 8.29. The summed E-state index contributed by atoms with van der Waals surface area (Å²) in [4.78, 5) is 5.29. The molecule has 2 aliphatic heterocycles. The Balaban J connectivity index is 1.42. The van der Waals surface area contributed by atoms with Gasteiger partial charge in [0.05, 0.1) is 6.17 Å². The smallest absolute Gasteiger partial charge is 0.388 e. The van der Waals surface area contributed by atoms with Crippen molar-refractivity contribution in [2.45, 2.75) is 31.3 Å². The summed E-state index contributed by atoms with van der Waals surface area (Å²) in [6.45, 7) is 0.758. The van der Waals surface area contributed by atoms with Crippen molar-refractivity contribution in [1.82, 2.24) is 10.3 Å². The molecule has 5 atom stereocenters. The number of ether oxygens (including phenoxy) is 1. The molecule has 128 valence electrons. The second kappa shape index (κ2) is 6.31. The SMILES string of the molecule is COC1[C@H](O)CCN1c1ccc([Si](=O)NC2NC=CC3CC32)cc1. The van der Waals surface area contributed by atoms with Crippen molar-refractivity contribution in [3.05, 3.63) is 36.5 Å². The Bertz CT molecular complexity index is 651. The third-order valence-corrected chi connectivity index (χ3v) is 6.66. The highest BCUT2D eigenvalue weighted by molar-refractivity contribution is 6.57. The standard InChI is InChI=1S/C17H23N3O3Si/c1-23-17-15(21)7-9-20(17)12-2-4-13(5-3-12)24(22)19-16-14-10-11(14)6-8-18-16/h2-6,8,11,14-19,21H,7,9-10H2,1H3/t11?,14?,15-,16?,17?/m1/s1. The first-order chi connectivity index (χ1) is 11.7. The van der Waals surface area contributed by atoms with Crippen LogP contribution >= 0.6 is 0 Å². The molecule has 7 heteroatoms. The van der Waals surface area contributed by atoms with Gasteiger partial charge < -0.3 is 29.5 Å². The van der Waals surface area contributed by atoms with Gasteiger partial charge >= 0.3 is 8.84 Å². The largest absolute Gasteiger partial charge is 0.430 e. The van der Waals surface area contributed by atoms with Gasteiger partial charge in [0, 0.05) is 30.4 Å². The summed E-state index contributed by atoms with van der Waals surface area (Å²) in [6, 6.07) is 7.73. The van der Waals surface area contributed by atoms with E-state index in [1.165, 1.54) is 6.42 Å². The zero-order valence-electron chi connectivity index (χ0n) is 13.7. The lowest BCUT2D eigenvalue weighted by molar-refractivity contribution is 0.0111. The molecule has 1 aliphatic carbocycles. The van der Waals surface area contributed by atoms with E-state index in [1.54, 1.807) is 7.11 Å². The van der Waals surface area contributed by atoms with Crippen LogP contribution in [-0.2, 0) is 9.20 Å². The minimum Gasteiger partial charge on any atom is -0.388 e. The number of allylic oxidation sites excluding steroid dienone is 1. The molecule has 1 saturated carbocycles. The Hall–Kier alpha value is -1.70. The molecular weight excluding hydrogens is 322 g/mol. The topological polar surface area (TPSA) is 73.8 Å². The van der Waals surface area contributed by atoms with Crippen molar-refractivity contribution < 1.29 is 14.3 Å². The highest BCUT2D eigenvalue weighted by Gasteiger charge is 2.43. The summed E-state index contributed by atoms with van der Waals surface area (Å²) >= 11 is 0. The van der Waals surface area contributed by atoms with E-state index < -0.39 is 14.9 Å². The molecule has 1 aromatic rings. The normalized spacial score (nSPS) is 33.8. The van der Waals surface area contributed by atoms with Gasteiger partial charge in [0.2, 0.25) is 0 Å². The van der Waals surface area contributed by atoms with Crippen molar-refractivity contribution in [2.75, 3.05) is 18.6 Å². The van der Waals surface area contributed by atoms with Crippen LogP contribution in [0.25, 0.3) is 0 Å². The average molecular weight is 345 g/mol. The summed E-state index contributed by atoms with van der Waals surface area (Å²) in [5.41, 5.74) is 0.984. The molecule has 3 N–H and O–H groups in total. The number of benzene rings is 1. The van der Waals surface area contributed by atoms with Crippen molar-refractivity contribution in [2.24, 2.45) is 11.8 Å². The number of hydrogen-bond donors (Lipinski definition) is 3. The van der Waals surface area contributed by atoms with Crippen molar-refractivity contribution in [3.63, 3.8) is 0 Å². The van der Waals surface area contributed by atoms with Crippen LogP contribution in [0.3, 0.4) is 0 Å². The first kappa shape index (κ1) is 15.8. The van der Waals surface area contributed by atoms with Gasteiger partial charge in [-0.05, 0) is 37.1 Å². The van der Waals surface area contributed by atoms with Gasteiger partial charge in [0.25, 0.3) is 0 Å². The fraction of sp³-hybridized carbons (Fsp3) is 0.529. The minimum atomic E-state index is -2.04. The van der Waals surface area contributed by atoms with E-state index in [9.17, 15) is 9.57 Å². The number of methoxy groups -OCH3 is 1. The maximum Gasteiger partial charge on any atom is 0.430 e. The molecule has 2 heterocycles. The summed E-state index contributed by atoms with van der Waals surface area (Å²) < 4.78 is 18.0. The molecule has 4 rings (SSSR count). The molecule has 0 aromatic heterocycles. The van der Waals surface area contributed by atoms with Gasteiger partial charge in [-0.25, -0.2) is 0 Å². The molecule has 0 amide bonds. The first-order valence-electron chi connectivity index (χ1n) is 8.48. The summed E-state index contributed by atoms with van der Waals surface area (Å²) in [6.07, 6.45) is 5.35. The lowest BCUT2D eigenvalue weighted by atomic mass is 10.2. The molecule has 1 aromatic carbocycles. The van der Waals surface area contributed by atoms with E-state index in [-0.39, 0.29) is 12.4 Å². The molecule has 0 bridgehead atoms. The highest BCUT2D eigenvalue weighted by atomic mass is 28.3. The quantitative estimate of drug-likeness (QED) is 0.654. The molecule has 0 radical (unpaired) electrons. The second-order valence-electron chi connectivity index (χ2n) is 6.76. The molecular formula is C17H23N3O3Si. The van der Waals surface area contributed by atoms with E-state index in [2.05, 4.69) is 16.4 Å². The Labute approximate surface area is 143 Å². The molecule has 24 heavy (non-hydrogen) atoms. The maximum absolute atomic E-state index is 12.6. The van der Waals surface area contributed by atoms with Crippen LogP contribution in [0.5, 0.6) is 0 Å². The summed E-state index contributed by atoms with van der Waals surface area (Å²) in [5, 5.41) is 14.0. The average Bonchev–Trinajstić information content (AvgIpc) is 3.31. The van der Waals surface area contributed by atoms with Crippen LogP contribution in [0.2, 0.25) is 0 Å². The predicted octanol–water partition coefficient (Wildman–Crippen LogP) is 0.0245. The number of rotatable bonds is 5. The number of aliphatic hydroxyl groups is 1. The first-order valence-corrected chi connectivity index (χ1v) is 9.89. The van der Waals surface area contributed by atoms with Crippen LogP contribution in [0.1, 0.15) is 12.8 Å². The van der Waals surface area contributed by atoms with E-state index in [0.29, 0.717) is 18.3 Å². The molecule has 2 fully saturated rings. The number of aliphatic hydroxyl groups excluding tert-OH is 1. The molecule has 0 spiro atoms. The van der Waals surface area contributed by atoms with Crippen LogP contribution < -0.4 is 20.4 Å². The van der Waals surface area contributed by atoms with Crippen molar-refractivity contribution in [1.29, 1.82) is 0 Å². The van der Waals surface area contributed by atoms with E-state index in [4.69, 9.17) is 4.74 Å². The van der Waals surface area contributed by atoms with Gasteiger partial charge in [-0.2, -0.15) is 0 Å².